The van der Waals surface area contributed by atoms with Gasteiger partial charge in [0.25, 0.3) is 0 Å². The lowest BCUT2D eigenvalue weighted by Gasteiger charge is -2.18. The van der Waals surface area contributed by atoms with Gasteiger partial charge in [0.1, 0.15) is 5.82 Å². The highest BCUT2D eigenvalue weighted by Crippen LogP contribution is 2.43. The van der Waals surface area contributed by atoms with Gasteiger partial charge in [0.05, 0.1) is 16.7 Å². The average Bonchev–Trinajstić information content (AvgIpc) is 3.31. The number of imidazole rings is 1. The highest BCUT2D eigenvalue weighted by molar-refractivity contribution is 5.98. The third kappa shape index (κ3) is 1.96. The van der Waals surface area contributed by atoms with Crippen molar-refractivity contribution >= 4 is 22.6 Å². The Hall–Kier alpha value is -3.02. The number of ether oxygens (including phenoxy) is 2. The molecule has 1 fully saturated rings. The lowest BCUT2D eigenvalue weighted by molar-refractivity contribution is -0.117. The van der Waals surface area contributed by atoms with Gasteiger partial charge in [-0.2, -0.15) is 0 Å². The van der Waals surface area contributed by atoms with E-state index in [-0.39, 0.29) is 18.6 Å². The third-order valence-electron chi connectivity index (χ3n) is 4.59. The van der Waals surface area contributed by atoms with Gasteiger partial charge in [-0.15, -0.1) is 0 Å². The molecular weight excluding hydrogens is 306 g/mol. The lowest BCUT2D eigenvalue weighted by Crippen LogP contribution is -2.24. The van der Waals surface area contributed by atoms with E-state index >= 15 is 0 Å². The first-order valence-electron chi connectivity index (χ1n) is 7.93. The molecule has 24 heavy (non-hydrogen) atoms. The average molecular weight is 321 g/mol. The number of aromatic nitrogens is 2. The maximum Gasteiger partial charge on any atom is 0.231 e. The molecule has 120 valence electrons. The molecule has 3 aromatic rings. The minimum absolute atomic E-state index is 0.0445. The molecule has 5 rings (SSSR count). The second-order valence-corrected chi connectivity index (χ2v) is 6.06. The number of hydrogen-bond acceptors (Lipinski definition) is 4. The maximum atomic E-state index is 12.6. The van der Waals surface area contributed by atoms with E-state index in [1.165, 1.54) is 0 Å². The van der Waals surface area contributed by atoms with Crippen LogP contribution < -0.4 is 14.4 Å². The summed E-state index contributed by atoms with van der Waals surface area (Å²) in [5.74, 6) is 2.31. The number of aromatic amines is 1. The number of para-hydroxylation sites is 3. The Balaban J connectivity index is 1.48. The van der Waals surface area contributed by atoms with Gasteiger partial charge in [-0.25, -0.2) is 4.98 Å². The third-order valence-corrected chi connectivity index (χ3v) is 4.59. The van der Waals surface area contributed by atoms with E-state index in [1.54, 1.807) is 4.90 Å². The normalized spacial score (nSPS) is 19.4. The van der Waals surface area contributed by atoms with Gasteiger partial charge in [-0.1, -0.05) is 18.2 Å². The molecule has 2 aliphatic heterocycles. The van der Waals surface area contributed by atoms with Crippen molar-refractivity contribution in [3.05, 3.63) is 48.3 Å². The molecule has 1 atom stereocenters. The summed E-state index contributed by atoms with van der Waals surface area (Å²) in [6.45, 7) is 0.778. The number of nitrogens with one attached hydrogen (secondary N) is 1. The molecule has 0 aliphatic carbocycles. The molecule has 3 heterocycles. The SMILES string of the molecule is O=C1C[C@H](c2nc3ccccc3[nH]2)CN1c1cccc2c1OCO2. The van der Waals surface area contributed by atoms with Crippen molar-refractivity contribution in [2.45, 2.75) is 12.3 Å². The van der Waals surface area contributed by atoms with Crippen LogP contribution in [0.2, 0.25) is 0 Å². The van der Waals surface area contributed by atoms with Crippen molar-refractivity contribution in [2.75, 3.05) is 18.2 Å². The first kappa shape index (κ1) is 13.4. The molecule has 0 spiro atoms. The van der Waals surface area contributed by atoms with Crippen molar-refractivity contribution in [1.29, 1.82) is 0 Å². The fourth-order valence-corrected chi connectivity index (χ4v) is 3.42. The van der Waals surface area contributed by atoms with Crippen LogP contribution in [0.4, 0.5) is 5.69 Å². The van der Waals surface area contributed by atoms with Crippen molar-refractivity contribution < 1.29 is 14.3 Å². The maximum absolute atomic E-state index is 12.6. The van der Waals surface area contributed by atoms with Gasteiger partial charge >= 0.3 is 0 Å². The van der Waals surface area contributed by atoms with E-state index in [1.807, 2.05) is 42.5 Å². The summed E-state index contributed by atoms with van der Waals surface area (Å²) in [6.07, 6.45) is 0.435. The van der Waals surface area contributed by atoms with Crippen molar-refractivity contribution in [2.24, 2.45) is 0 Å². The van der Waals surface area contributed by atoms with Crippen LogP contribution in [0.5, 0.6) is 11.5 Å². The monoisotopic (exact) mass is 321 g/mol. The number of H-pyrrole nitrogens is 1. The van der Waals surface area contributed by atoms with Gasteiger partial charge in [-0.3, -0.25) is 4.79 Å². The molecule has 2 aromatic carbocycles. The first-order chi connectivity index (χ1) is 11.8. The van der Waals surface area contributed by atoms with E-state index in [0.29, 0.717) is 24.5 Å². The molecule has 1 amide bonds. The highest BCUT2D eigenvalue weighted by atomic mass is 16.7. The van der Waals surface area contributed by atoms with Crippen LogP contribution in [0.1, 0.15) is 18.2 Å². The van der Waals surface area contributed by atoms with Crippen LogP contribution >= 0.6 is 0 Å². The van der Waals surface area contributed by atoms with Gasteiger partial charge < -0.3 is 19.4 Å². The summed E-state index contributed by atoms with van der Waals surface area (Å²) in [7, 11) is 0. The summed E-state index contributed by atoms with van der Waals surface area (Å²) in [4.78, 5) is 22.3. The summed E-state index contributed by atoms with van der Waals surface area (Å²) >= 11 is 0. The molecule has 0 unspecified atom stereocenters. The number of anilines is 1. The molecule has 2 aliphatic rings. The highest BCUT2D eigenvalue weighted by Gasteiger charge is 2.36. The van der Waals surface area contributed by atoms with Crippen LogP contribution in [0.3, 0.4) is 0 Å². The lowest BCUT2D eigenvalue weighted by atomic mass is 10.1. The number of fused-ring (bicyclic) bond motifs is 2. The first-order valence-corrected chi connectivity index (χ1v) is 7.93. The second kappa shape index (κ2) is 4.99. The predicted molar refractivity (Wildman–Crippen MR) is 88.4 cm³/mol. The quantitative estimate of drug-likeness (QED) is 0.788. The smallest absolute Gasteiger partial charge is 0.231 e. The Bertz CT molecular complexity index is 917. The van der Waals surface area contributed by atoms with Crippen LogP contribution in [-0.2, 0) is 4.79 Å². The number of carbonyl (C=O) groups excluding carboxylic acids is 1. The fraction of sp³-hybridized carbons (Fsp3) is 0.222. The standard InChI is InChI=1S/C18H15N3O3/c22-16-8-11(18-19-12-4-1-2-5-13(12)20-18)9-21(16)14-6-3-7-15-17(14)24-10-23-15/h1-7,11H,8-10H2,(H,19,20)/t11-/m0/s1. The van der Waals surface area contributed by atoms with Crippen LogP contribution in [-0.4, -0.2) is 29.2 Å². The Labute approximate surface area is 138 Å². The summed E-state index contributed by atoms with van der Waals surface area (Å²) in [5, 5.41) is 0. The number of hydrogen-bond donors (Lipinski definition) is 1. The molecule has 1 aromatic heterocycles. The number of amides is 1. The molecule has 0 radical (unpaired) electrons. The Kier molecular flexibility index (Phi) is 2.79. The Morgan fingerprint density at radius 2 is 2.04 bits per heavy atom. The summed E-state index contributed by atoms with van der Waals surface area (Å²) in [6, 6.07) is 13.5. The predicted octanol–water partition coefficient (Wildman–Crippen LogP) is 2.81. The molecule has 6 nitrogen and oxygen atoms in total. The van der Waals surface area contributed by atoms with Crippen LogP contribution in [0, 0.1) is 0 Å². The minimum Gasteiger partial charge on any atom is -0.454 e. The van der Waals surface area contributed by atoms with E-state index < -0.39 is 0 Å². The van der Waals surface area contributed by atoms with Crippen LogP contribution in [0.15, 0.2) is 42.5 Å². The molecule has 1 saturated heterocycles. The van der Waals surface area contributed by atoms with E-state index in [4.69, 9.17) is 9.47 Å². The largest absolute Gasteiger partial charge is 0.454 e. The van der Waals surface area contributed by atoms with E-state index in [2.05, 4.69) is 9.97 Å². The number of benzene rings is 2. The van der Waals surface area contributed by atoms with Crippen molar-refractivity contribution in [3.8, 4) is 11.5 Å². The molecule has 6 heteroatoms. The number of rotatable bonds is 2. The number of nitrogens with zero attached hydrogens (tertiary/aromatic N) is 2. The Morgan fingerprint density at radius 3 is 2.96 bits per heavy atom. The van der Waals surface area contributed by atoms with Gasteiger partial charge in [-0.05, 0) is 24.3 Å². The van der Waals surface area contributed by atoms with Crippen molar-refractivity contribution in [1.82, 2.24) is 9.97 Å². The zero-order valence-electron chi connectivity index (χ0n) is 12.9. The van der Waals surface area contributed by atoms with Crippen molar-refractivity contribution in [3.63, 3.8) is 0 Å². The molecular formula is C18H15N3O3. The van der Waals surface area contributed by atoms with E-state index in [0.717, 1.165) is 22.5 Å². The van der Waals surface area contributed by atoms with E-state index in [9.17, 15) is 4.79 Å². The Morgan fingerprint density at radius 1 is 1.12 bits per heavy atom. The fourth-order valence-electron chi connectivity index (χ4n) is 3.42. The van der Waals surface area contributed by atoms with Gasteiger partial charge in [0.2, 0.25) is 12.7 Å². The second-order valence-electron chi connectivity index (χ2n) is 6.06. The van der Waals surface area contributed by atoms with Gasteiger partial charge in [0, 0.05) is 18.9 Å². The zero-order valence-corrected chi connectivity index (χ0v) is 12.9. The minimum atomic E-state index is 0.0445. The summed E-state index contributed by atoms with van der Waals surface area (Å²) < 4.78 is 10.9. The molecule has 0 saturated carbocycles. The molecule has 1 N–H and O–H groups in total. The topological polar surface area (TPSA) is 67.5 Å². The zero-order chi connectivity index (χ0) is 16.1. The van der Waals surface area contributed by atoms with Gasteiger partial charge in [0.15, 0.2) is 11.5 Å². The number of carbonyl (C=O) groups is 1. The molecule has 0 bridgehead atoms. The van der Waals surface area contributed by atoms with Crippen LogP contribution in [0.25, 0.3) is 11.0 Å². The summed E-state index contributed by atoms with van der Waals surface area (Å²) in [5.41, 5.74) is 2.69.